The number of aromatic nitrogens is 1. The van der Waals surface area contributed by atoms with Crippen LogP contribution in [-0.2, 0) is 4.79 Å². The van der Waals surface area contributed by atoms with Gasteiger partial charge in [-0.15, -0.1) is 0 Å². The highest BCUT2D eigenvalue weighted by molar-refractivity contribution is 5.98. The number of carbonyl (C=O) groups excluding carboxylic acids is 1. The summed E-state index contributed by atoms with van der Waals surface area (Å²) in [6.45, 7) is 3.66. The summed E-state index contributed by atoms with van der Waals surface area (Å²) in [5, 5.41) is 8.93. The Hall–Kier alpha value is -1.98. The molecule has 0 spiro atoms. The molecule has 1 aliphatic heterocycles. The van der Waals surface area contributed by atoms with Crippen LogP contribution in [0.15, 0.2) is 6.20 Å². The van der Waals surface area contributed by atoms with Crippen molar-refractivity contribution < 1.29 is 19.4 Å². The summed E-state index contributed by atoms with van der Waals surface area (Å²) in [6.07, 6.45) is 1.26. The zero-order valence-corrected chi connectivity index (χ0v) is 8.98. The van der Waals surface area contributed by atoms with Crippen molar-refractivity contribution in [2.75, 3.05) is 11.4 Å². The Morgan fingerprint density at radius 2 is 2.31 bits per heavy atom. The van der Waals surface area contributed by atoms with Gasteiger partial charge in [0.2, 0.25) is 5.91 Å². The maximum absolute atomic E-state index is 11.4. The number of carboxylic acid groups (broad SMARTS) is 1. The van der Waals surface area contributed by atoms with E-state index in [1.54, 1.807) is 6.92 Å². The van der Waals surface area contributed by atoms with Crippen LogP contribution in [0.4, 0.5) is 5.69 Å². The van der Waals surface area contributed by atoms with Gasteiger partial charge in [-0.1, -0.05) is 0 Å². The van der Waals surface area contributed by atoms with E-state index in [4.69, 9.17) is 9.84 Å². The Morgan fingerprint density at radius 3 is 2.88 bits per heavy atom. The monoisotopic (exact) mass is 224 g/mol. The third-order valence-electron chi connectivity index (χ3n) is 2.46. The van der Waals surface area contributed by atoms with Crippen LogP contribution in [0, 0.1) is 0 Å². The summed E-state index contributed by atoms with van der Waals surface area (Å²) < 4.78 is 5.44. The Labute approximate surface area is 91.8 Å². The molecule has 0 fully saturated rings. The van der Waals surface area contributed by atoms with E-state index in [2.05, 4.69) is 4.98 Å². The van der Waals surface area contributed by atoms with Crippen molar-refractivity contribution in [2.45, 2.75) is 20.0 Å². The maximum atomic E-state index is 11.4. The molecule has 0 aliphatic carbocycles. The third kappa shape index (κ3) is 1.52. The predicted molar refractivity (Wildman–Crippen MR) is 55.9 cm³/mol. The molecule has 2 N–H and O–H groups in total. The van der Waals surface area contributed by atoms with Gasteiger partial charge in [-0.2, -0.15) is 0 Å². The van der Waals surface area contributed by atoms with E-state index in [0.29, 0.717) is 12.2 Å². The van der Waals surface area contributed by atoms with E-state index >= 15 is 0 Å². The molecule has 1 atom stereocenters. The molecule has 0 saturated heterocycles. The number of amides is 1. The van der Waals surface area contributed by atoms with Gasteiger partial charge < -0.3 is 19.7 Å². The number of carboxylic acids is 1. The van der Waals surface area contributed by atoms with Crippen LogP contribution >= 0.6 is 0 Å². The molecule has 6 heteroatoms. The molecule has 1 amide bonds. The Balaban J connectivity index is 2.49. The van der Waals surface area contributed by atoms with E-state index in [0.717, 1.165) is 0 Å². The molecule has 16 heavy (non-hydrogen) atoms. The predicted octanol–water partition coefficient (Wildman–Crippen LogP) is 0.847. The van der Waals surface area contributed by atoms with Crippen LogP contribution in [0.3, 0.4) is 0 Å². The van der Waals surface area contributed by atoms with Gasteiger partial charge in [-0.05, 0) is 6.92 Å². The quantitative estimate of drug-likeness (QED) is 0.740. The SMILES string of the molecule is CC(=O)N1CC(C)Oc2c1c[nH]c2C(=O)O. The highest BCUT2D eigenvalue weighted by Gasteiger charge is 2.31. The molecule has 0 saturated carbocycles. The van der Waals surface area contributed by atoms with Crippen molar-refractivity contribution in [2.24, 2.45) is 0 Å². The standard InChI is InChI=1S/C10H12N2O4/c1-5-4-12(6(2)13)7-3-11-8(10(14)15)9(7)16-5/h3,5,11H,4H2,1-2H3,(H,14,15). The van der Waals surface area contributed by atoms with Crippen LogP contribution in [0.5, 0.6) is 5.75 Å². The van der Waals surface area contributed by atoms with Gasteiger partial charge in [-0.25, -0.2) is 4.79 Å². The second-order valence-electron chi connectivity index (χ2n) is 3.74. The van der Waals surface area contributed by atoms with Gasteiger partial charge in [-0.3, -0.25) is 4.79 Å². The van der Waals surface area contributed by atoms with Gasteiger partial charge >= 0.3 is 5.97 Å². The molecular formula is C10H12N2O4. The molecule has 1 aromatic rings. The van der Waals surface area contributed by atoms with Gasteiger partial charge in [0.25, 0.3) is 0 Å². The largest absolute Gasteiger partial charge is 0.484 e. The highest BCUT2D eigenvalue weighted by atomic mass is 16.5. The second kappa shape index (κ2) is 3.55. The zero-order chi connectivity index (χ0) is 11.9. The first-order chi connectivity index (χ1) is 7.50. The fourth-order valence-electron chi connectivity index (χ4n) is 1.77. The number of hydrogen-bond donors (Lipinski definition) is 2. The summed E-state index contributed by atoms with van der Waals surface area (Å²) in [5.74, 6) is -0.993. The van der Waals surface area contributed by atoms with Crippen molar-refractivity contribution in [1.82, 2.24) is 4.98 Å². The summed E-state index contributed by atoms with van der Waals surface area (Å²) in [5.41, 5.74) is 0.468. The number of ether oxygens (including phenoxy) is 1. The van der Waals surface area contributed by atoms with E-state index in [1.807, 2.05) is 0 Å². The minimum atomic E-state index is -1.10. The van der Waals surface area contributed by atoms with Crippen molar-refractivity contribution in [3.8, 4) is 5.75 Å². The van der Waals surface area contributed by atoms with E-state index in [-0.39, 0.29) is 23.5 Å². The van der Waals surface area contributed by atoms with E-state index < -0.39 is 5.97 Å². The number of rotatable bonds is 1. The first-order valence-electron chi connectivity index (χ1n) is 4.90. The fourth-order valence-corrected chi connectivity index (χ4v) is 1.77. The van der Waals surface area contributed by atoms with E-state index in [1.165, 1.54) is 18.0 Å². The van der Waals surface area contributed by atoms with Crippen molar-refractivity contribution in [3.05, 3.63) is 11.9 Å². The average molecular weight is 224 g/mol. The fraction of sp³-hybridized carbons (Fsp3) is 0.400. The van der Waals surface area contributed by atoms with Crippen LogP contribution in [0.2, 0.25) is 0 Å². The lowest BCUT2D eigenvalue weighted by Gasteiger charge is -2.30. The van der Waals surface area contributed by atoms with Gasteiger partial charge in [0, 0.05) is 13.1 Å². The van der Waals surface area contributed by atoms with Crippen molar-refractivity contribution in [1.29, 1.82) is 0 Å². The number of aromatic amines is 1. The number of nitrogens with one attached hydrogen (secondary N) is 1. The van der Waals surface area contributed by atoms with Crippen LogP contribution in [0.25, 0.3) is 0 Å². The van der Waals surface area contributed by atoms with E-state index in [9.17, 15) is 9.59 Å². The number of hydrogen-bond acceptors (Lipinski definition) is 3. The molecule has 86 valence electrons. The molecule has 0 bridgehead atoms. The smallest absolute Gasteiger partial charge is 0.356 e. The summed E-state index contributed by atoms with van der Waals surface area (Å²) in [6, 6.07) is 0. The molecule has 1 aromatic heterocycles. The number of aromatic carboxylic acids is 1. The maximum Gasteiger partial charge on any atom is 0.356 e. The van der Waals surface area contributed by atoms with Crippen molar-refractivity contribution in [3.63, 3.8) is 0 Å². The zero-order valence-electron chi connectivity index (χ0n) is 8.98. The third-order valence-corrected chi connectivity index (χ3v) is 2.46. The summed E-state index contributed by atoms with van der Waals surface area (Å²) >= 11 is 0. The lowest BCUT2D eigenvalue weighted by atomic mass is 10.2. The van der Waals surface area contributed by atoms with Crippen LogP contribution in [0.1, 0.15) is 24.3 Å². The first kappa shape index (κ1) is 10.5. The summed E-state index contributed by atoms with van der Waals surface area (Å²) in [4.78, 5) is 26.4. The number of nitrogens with zero attached hydrogens (tertiary/aromatic N) is 1. The molecular weight excluding hydrogens is 212 g/mol. The molecule has 0 radical (unpaired) electrons. The normalized spacial score (nSPS) is 18.9. The number of anilines is 1. The number of carbonyl (C=O) groups is 2. The van der Waals surface area contributed by atoms with Crippen LogP contribution in [-0.4, -0.2) is 34.6 Å². The lowest BCUT2D eigenvalue weighted by Crippen LogP contribution is -2.40. The van der Waals surface area contributed by atoms with Crippen LogP contribution < -0.4 is 9.64 Å². The minimum absolute atomic E-state index is 0.0206. The topological polar surface area (TPSA) is 82.6 Å². The van der Waals surface area contributed by atoms with Crippen molar-refractivity contribution >= 4 is 17.6 Å². The molecule has 1 unspecified atom stereocenters. The first-order valence-corrected chi connectivity index (χ1v) is 4.90. The minimum Gasteiger partial charge on any atom is -0.484 e. The Morgan fingerprint density at radius 1 is 1.62 bits per heavy atom. The Kier molecular flexibility index (Phi) is 2.34. The molecule has 0 aromatic carbocycles. The lowest BCUT2D eigenvalue weighted by molar-refractivity contribution is -0.117. The van der Waals surface area contributed by atoms with Gasteiger partial charge in [0.05, 0.1) is 6.54 Å². The number of H-pyrrole nitrogens is 1. The van der Waals surface area contributed by atoms with Gasteiger partial charge in [0.1, 0.15) is 11.8 Å². The molecule has 2 heterocycles. The summed E-state index contributed by atoms with van der Waals surface area (Å²) in [7, 11) is 0. The molecule has 2 rings (SSSR count). The highest BCUT2D eigenvalue weighted by Crippen LogP contribution is 2.36. The number of fused-ring (bicyclic) bond motifs is 1. The molecule has 6 nitrogen and oxygen atoms in total. The second-order valence-corrected chi connectivity index (χ2v) is 3.74. The van der Waals surface area contributed by atoms with Gasteiger partial charge in [0.15, 0.2) is 11.4 Å². The Bertz CT molecular complexity index is 452. The average Bonchev–Trinajstić information content (AvgIpc) is 2.59. The molecule has 1 aliphatic rings.